The fraction of sp³-hybridized carbons (Fsp3) is 0.304. The van der Waals surface area contributed by atoms with Gasteiger partial charge in [-0.05, 0) is 30.2 Å². The zero-order chi connectivity index (χ0) is 23.5. The molecule has 5 rings (SSSR count). The molecule has 4 amide bonds. The Morgan fingerprint density at radius 2 is 1.85 bits per heavy atom. The zero-order valence-corrected chi connectivity index (χ0v) is 18.1. The topological polar surface area (TPSA) is 122 Å². The van der Waals surface area contributed by atoms with Crippen LogP contribution in [0.1, 0.15) is 24.0 Å². The number of fused-ring (bicyclic) bond motifs is 4. The molecule has 8 nitrogen and oxygen atoms in total. The number of imide groups is 1. The van der Waals surface area contributed by atoms with E-state index >= 15 is 0 Å². The van der Waals surface area contributed by atoms with Gasteiger partial charge in [0.15, 0.2) is 0 Å². The minimum atomic E-state index is -1.50. The molecule has 3 aliphatic heterocycles. The summed E-state index contributed by atoms with van der Waals surface area (Å²) in [5, 5.41) is 6.28. The first kappa shape index (κ1) is 21.5. The summed E-state index contributed by atoms with van der Waals surface area (Å²) in [6.07, 6.45) is 0.172. The number of amides is 4. The van der Waals surface area contributed by atoms with Crippen molar-refractivity contribution in [3.05, 3.63) is 64.4 Å². The predicted octanol–water partition coefficient (Wildman–Crippen LogP) is 1.67. The Morgan fingerprint density at radius 1 is 1.12 bits per heavy atom. The second-order valence-electron chi connectivity index (χ2n) is 8.57. The second-order valence-corrected chi connectivity index (χ2v) is 8.98. The average molecular weight is 471 g/mol. The number of nitrogens with one attached hydrogen (secondary N) is 2. The molecule has 2 saturated heterocycles. The van der Waals surface area contributed by atoms with Gasteiger partial charge in [-0.1, -0.05) is 35.9 Å². The van der Waals surface area contributed by atoms with Crippen molar-refractivity contribution in [1.29, 1.82) is 0 Å². The number of benzene rings is 2. The van der Waals surface area contributed by atoms with Gasteiger partial charge in [-0.2, -0.15) is 0 Å². The number of halogens is 2. The third kappa shape index (κ3) is 3.14. The first-order valence-electron chi connectivity index (χ1n) is 10.5. The van der Waals surface area contributed by atoms with Crippen LogP contribution in [0.15, 0.2) is 42.5 Å². The minimum absolute atomic E-state index is 0.0135. The Morgan fingerprint density at radius 3 is 2.55 bits per heavy atom. The highest BCUT2D eigenvalue weighted by Gasteiger charge is 2.70. The van der Waals surface area contributed by atoms with E-state index in [9.17, 15) is 23.6 Å². The van der Waals surface area contributed by atoms with Crippen molar-refractivity contribution in [3.8, 4) is 0 Å². The smallest absolute Gasteiger partial charge is 0.250 e. The van der Waals surface area contributed by atoms with Crippen molar-refractivity contribution in [1.82, 2.24) is 10.2 Å². The number of rotatable bonds is 5. The molecule has 0 saturated carbocycles. The molecule has 0 aromatic heterocycles. The molecule has 2 aromatic rings. The maximum absolute atomic E-state index is 13.6. The molecule has 10 heteroatoms. The molecule has 2 aromatic carbocycles. The molecule has 0 bridgehead atoms. The van der Waals surface area contributed by atoms with Gasteiger partial charge in [-0.3, -0.25) is 29.4 Å². The summed E-state index contributed by atoms with van der Waals surface area (Å²) in [6, 6.07) is 9.87. The van der Waals surface area contributed by atoms with E-state index in [4.69, 9.17) is 17.3 Å². The first-order chi connectivity index (χ1) is 15.7. The van der Waals surface area contributed by atoms with Gasteiger partial charge in [0.1, 0.15) is 11.4 Å². The maximum atomic E-state index is 13.6. The van der Waals surface area contributed by atoms with E-state index in [-0.39, 0.29) is 19.4 Å². The lowest BCUT2D eigenvalue weighted by Gasteiger charge is -2.29. The van der Waals surface area contributed by atoms with Gasteiger partial charge in [-0.25, -0.2) is 4.39 Å². The van der Waals surface area contributed by atoms with Gasteiger partial charge in [0.2, 0.25) is 23.6 Å². The van der Waals surface area contributed by atoms with Crippen LogP contribution in [0, 0.1) is 17.7 Å². The minimum Gasteiger partial charge on any atom is -0.370 e. The van der Waals surface area contributed by atoms with Gasteiger partial charge in [0.05, 0.1) is 29.1 Å². The van der Waals surface area contributed by atoms with Crippen LogP contribution in [0.4, 0.5) is 10.1 Å². The molecule has 4 N–H and O–H groups in total. The Hall–Kier alpha value is -3.30. The van der Waals surface area contributed by atoms with Crippen molar-refractivity contribution in [2.45, 2.75) is 31.0 Å². The van der Waals surface area contributed by atoms with Crippen LogP contribution in [-0.2, 0) is 31.3 Å². The van der Waals surface area contributed by atoms with Gasteiger partial charge >= 0.3 is 0 Å². The van der Waals surface area contributed by atoms with Crippen LogP contribution in [0.2, 0.25) is 5.02 Å². The van der Waals surface area contributed by atoms with Gasteiger partial charge in [-0.15, -0.1) is 0 Å². The molecule has 170 valence electrons. The molecule has 2 fully saturated rings. The largest absolute Gasteiger partial charge is 0.370 e. The molecular formula is C23H20ClFN4O4. The van der Waals surface area contributed by atoms with E-state index in [0.29, 0.717) is 21.8 Å². The fourth-order valence-electron chi connectivity index (χ4n) is 5.33. The number of hydrogen-bond acceptors (Lipinski definition) is 5. The summed E-state index contributed by atoms with van der Waals surface area (Å²) >= 11 is 6.30. The van der Waals surface area contributed by atoms with Gasteiger partial charge in [0.25, 0.3) is 0 Å². The highest BCUT2D eigenvalue weighted by atomic mass is 35.5. The number of nitrogens with two attached hydrogens (primary N) is 1. The normalized spacial score (nSPS) is 27.8. The summed E-state index contributed by atoms with van der Waals surface area (Å²) in [6.45, 7) is -0.0480. The standard InChI is InChI=1S/C23H20ClFN4O4/c24-14-3-1-2-13-19(14)27-22(33)23(13)18-17(15(28-23)8-9-16(26)30)20(31)29(21(18)32)10-11-4-6-12(25)7-5-11/h1-7,15,17-18,28H,8-10H2,(H2,26,30)(H,27,33). The lowest BCUT2D eigenvalue weighted by molar-refractivity contribution is -0.143. The van der Waals surface area contributed by atoms with Crippen molar-refractivity contribution in [2.75, 3.05) is 5.32 Å². The van der Waals surface area contributed by atoms with Crippen LogP contribution in [-0.4, -0.2) is 34.6 Å². The number of anilines is 1. The molecule has 0 radical (unpaired) electrons. The highest BCUT2D eigenvalue weighted by molar-refractivity contribution is 6.35. The van der Waals surface area contributed by atoms with E-state index in [1.807, 2.05) is 0 Å². The Bertz CT molecular complexity index is 1200. The first-order valence-corrected chi connectivity index (χ1v) is 10.9. The van der Waals surface area contributed by atoms with Crippen LogP contribution >= 0.6 is 11.6 Å². The Kier molecular flexibility index (Phi) is 4.98. The van der Waals surface area contributed by atoms with E-state index in [0.717, 1.165) is 4.90 Å². The summed E-state index contributed by atoms with van der Waals surface area (Å²) in [5.74, 6) is -4.31. The molecule has 1 spiro atoms. The quantitative estimate of drug-likeness (QED) is 0.574. The molecular weight excluding hydrogens is 451 g/mol. The summed E-state index contributed by atoms with van der Waals surface area (Å²) in [4.78, 5) is 53.0. The van der Waals surface area contributed by atoms with E-state index in [1.165, 1.54) is 24.3 Å². The number of carbonyl (C=O) groups is 4. The van der Waals surface area contributed by atoms with Crippen molar-refractivity contribution < 1.29 is 23.6 Å². The van der Waals surface area contributed by atoms with Crippen molar-refractivity contribution >= 4 is 40.9 Å². The molecule has 0 aliphatic carbocycles. The summed E-state index contributed by atoms with van der Waals surface area (Å²) in [7, 11) is 0. The molecule has 4 unspecified atom stereocenters. The number of primary amides is 1. The van der Waals surface area contributed by atoms with Crippen molar-refractivity contribution in [2.24, 2.45) is 17.6 Å². The van der Waals surface area contributed by atoms with Crippen molar-refractivity contribution in [3.63, 3.8) is 0 Å². The van der Waals surface area contributed by atoms with Crippen LogP contribution < -0.4 is 16.4 Å². The van der Waals surface area contributed by atoms with Crippen LogP contribution in [0.3, 0.4) is 0 Å². The highest BCUT2D eigenvalue weighted by Crippen LogP contribution is 2.54. The van der Waals surface area contributed by atoms with Gasteiger partial charge in [0, 0.05) is 18.0 Å². The lowest BCUT2D eigenvalue weighted by atomic mass is 9.76. The van der Waals surface area contributed by atoms with E-state index < -0.39 is 52.9 Å². The number of likely N-dealkylation sites (tertiary alicyclic amines) is 1. The lowest BCUT2D eigenvalue weighted by Crippen LogP contribution is -2.53. The second kappa shape index (κ2) is 7.64. The summed E-state index contributed by atoms with van der Waals surface area (Å²) < 4.78 is 13.3. The molecule has 3 heterocycles. The zero-order valence-electron chi connectivity index (χ0n) is 17.3. The molecule has 33 heavy (non-hydrogen) atoms. The van der Waals surface area contributed by atoms with Gasteiger partial charge < -0.3 is 11.1 Å². The SMILES string of the molecule is NC(=O)CCC1NC2(C(=O)Nc3c(Cl)cccc32)C2C(=O)N(Cc3ccc(F)cc3)C(=O)C12. The van der Waals surface area contributed by atoms with E-state index in [1.54, 1.807) is 18.2 Å². The Labute approximate surface area is 193 Å². The maximum Gasteiger partial charge on any atom is 0.250 e. The molecule has 4 atom stereocenters. The molecule has 3 aliphatic rings. The average Bonchev–Trinajstić information content (AvgIpc) is 3.35. The number of nitrogens with zero attached hydrogens (tertiary/aromatic N) is 1. The third-order valence-corrected chi connectivity index (χ3v) is 7.06. The number of para-hydroxylation sites is 1. The van der Waals surface area contributed by atoms with E-state index in [2.05, 4.69) is 10.6 Å². The number of hydrogen-bond donors (Lipinski definition) is 3. The van der Waals surface area contributed by atoms with Crippen LogP contribution in [0.5, 0.6) is 0 Å². The monoisotopic (exact) mass is 470 g/mol. The van der Waals surface area contributed by atoms with Crippen LogP contribution in [0.25, 0.3) is 0 Å². The number of carbonyl (C=O) groups excluding carboxylic acids is 4. The predicted molar refractivity (Wildman–Crippen MR) is 116 cm³/mol. The third-order valence-electron chi connectivity index (χ3n) is 6.75. The Balaban J connectivity index is 1.58. The fourth-order valence-corrected chi connectivity index (χ4v) is 5.55. The summed E-state index contributed by atoms with van der Waals surface area (Å²) in [5.41, 5.74) is 5.28.